The van der Waals surface area contributed by atoms with Crippen molar-refractivity contribution in [3.05, 3.63) is 0 Å². The Balaban J connectivity index is 3.29. The van der Waals surface area contributed by atoms with E-state index >= 15 is 0 Å². The fourth-order valence-corrected chi connectivity index (χ4v) is 1.68. The molecule has 1 rings (SSSR count). The van der Waals surface area contributed by atoms with Gasteiger partial charge in [-0.05, 0) is 27.7 Å². The molecule has 1 aliphatic rings. The number of hydrogen-bond donors (Lipinski definition) is 0. The minimum atomic E-state index is -1.04. The predicted molar refractivity (Wildman–Crippen MR) is 68.1 cm³/mol. The second-order valence-electron chi connectivity index (χ2n) is 5.20. The van der Waals surface area contributed by atoms with Crippen LogP contribution in [0.5, 0.6) is 0 Å². The number of aliphatic imine (C=N–C) groups is 1. The molecule has 1 fully saturated rings. The highest BCUT2D eigenvalue weighted by Gasteiger charge is 2.40. The Morgan fingerprint density at radius 3 is 2.06 bits per heavy atom. The quantitative estimate of drug-likeness (QED) is 0.332. The molecule has 1 aliphatic heterocycles. The van der Waals surface area contributed by atoms with Gasteiger partial charge in [-0.3, -0.25) is 9.59 Å². The fraction of sp³-hybridized carbons (Fsp3) is 0.667. The molecule has 0 bridgehead atoms. The van der Waals surface area contributed by atoms with Crippen LogP contribution in [0.4, 0.5) is 0 Å². The number of halogens is 1. The zero-order valence-corrected chi connectivity index (χ0v) is 11.7. The van der Waals surface area contributed by atoms with E-state index in [9.17, 15) is 9.59 Å². The molecular weight excluding hydrogens is 254 g/mol. The van der Waals surface area contributed by atoms with Crippen LogP contribution in [0.15, 0.2) is 4.99 Å². The summed E-state index contributed by atoms with van der Waals surface area (Å²) in [7, 11) is 0. The van der Waals surface area contributed by atoms with Crippen molar-refractivity contribution < 1.29 is 9.59 Å². The van der Waals surface area contributed by atoms with E-state index in [-0.39, 0.29) is 30.5 Å². The first-order valence-electron chi connectivity index (χ1n) is 5.65. The van der Waals surface area contributed by atoms with Crippen LogP contribution in [-0.4, -0.2) is 33.0 Å². The third-order valence-corrected chi connectivity index (χ3v) is 2.62. The molecule has 0 atom stereocenters. The van der Waals surface area contributed by atoms with E-state index in [0.717, 1.165) is 4.90 Å². The zero-order valence-electron chi connectivity index (χ0n) is 11.0. The van der Waals surface area contributed by atoms with Gasteiger partial charge >= 0.3 is 0 Å². The summed E-state index contributed by atoms with van der Waals surface area (Å²) in [6.45, 7) is 6.47. The summed E-state index contributed by atoms with van der Waals surface area (Å²) in [5, 5.41) is 8.99. The number of nitriles is 1. The maximum absolute atomic E-state index is 11.7. The van der Waals surface area contributed by atoms with Crippen LogP contribution in [0, 0.1) is 11.3 Å². The van der Waals surface area contributed by atoms with Gasteiger partial charge in [0.25, 0.3) is 0 Å². The van der Waals surface area contributed by atoms with Crippen LogP contribution in [0.2, 0.25) is 0 Å². The maximum Gasteiger partial charge on any atom is 0.235 e. The van der Waals surface area contributed by atoms with Crippen molar-refractivity contribution >= 4 is 29.3 Å². The molecular formula is C12H16ClN3O2. The Kier molecular flexibility index (Phi) is 3.82. The van der Waals surface area contributed by atoms with Crippen molar-refractivity contribution in [3.8, 4) is 6.07 Å². The van der Waals surface area contributed by atoms with Crippen LogP contribution in [-0.2, 0) is 9.59 Å². The van der Waals surface area contributed by atoms with Gasteiger partial charge in [0.05, 0.1) is 10.9 Å². The third-order valence-electron chi connectivity index (χ3n) is 2.45. The second kappa shape index (κ2) is 4.69. The maximum atomic E-state index is 11.7. The van der Waals surface area contributed by atoms with Crippen molar-refractivity contribution in [2.75, 3.05) is 0 Å². The minimum Gasteiger partial charge on any atom is -0.274 e. The van der Waals surface area contributed by atoms with Crippen LogP contribution >= 0.6 is 11.6 Å². The van der Waals surface area contributed by atoms with Crippen molar-refractivity contribution in [1.82, 2.24) is 4.90 Å². The van der Waals surface area contributed by atoms with Gasteiger partial charge in [0.15, 0.2) is 0 Å². The van der Waals surface area contributed by atoms with Gasteiger partial charge in [0.2, 0.25) is 11.8 Å². The smallest absolute Gasteiger partial charge is 0.235 e. The van der Waals surface area contributed by atoms with E-state index in [1.165, 1.54) is 0 Å². The summed E-state index contributed by atoms with van der Waals surface area (Å²) >= 11 is 6.19. The molecule has 2 amide bonds. The van der Waals surface area contributed by atoms with Gasteiger partial charge in [-0.15, -0.1) is 11.6 Å². The molecule has 0 aliphatic carbocycles. The predicted octanol–water partition coefficient (Wildman–Crippen LogP) is 1.85. The van der Waals surface area contributed by atoms with Gasteiger partial charge in [-0.1, -0.05) is 0 Å². The van der Waals surface area contributed by atoms with Gasteiger partial charge in [0, 0.05) is 12.8 Å². The number of amides is 2. The number of carbonyl (C=O) groups is 2. The fourth-order valence-electron chi connectivity index (χ4n) is 1.55. The highest BCUT2D eigenvalue weighted by molar-refractivity contribution is 6.38. The summed E-state index contributed by atoms with van der Waals surface area (Å²) in [4.78, 5) is 27.7. The summed E-state index contributed by atoms with van der Waals surface area (Å²) in [6, 6.07) is 2.00. The Morgan fingerprint density at radius 1 is 1.28 bits per heavy atom. The molecule has 0 aromatic carbocycles. The summed E-state index contributed by atoms with van der Waals surface area (Å²) < 4.78 is 0. The van der Waals surface area contributed by atoms with E-state index in [1.807, 2.05) is 6.07 Å². The van der Waals surface area contributed by atoms with Crippen LogP contribution < -0.4 is 0 Å². The first-order valence-corrected chi connectivity index (χ1v) is 6.02. The van der Waals surface area contributed by atoms with E-state index in [4.69, 9.17) is 16.9 Å². The highest BCUT2D eigenvalue weighted by Crippen LogP contribution is 2.25. The lowest BCUT2D eigenvalue weighted by Crippen LogP contribution is -2.46. The average molecular weight is 270 g/mol. The van der Waals surface area contributed by atoms with E-state index in [2.05, 4.69) is 4.99 Å². The molecule has 0 radical (unpaired) electrons. The lowest BCUT2D eigenvalue weighted by atomic mass is 10.1. The molecule has 5 nitrogen and oxygen atoms in total. The van der Waals surface area contributed by atoms with E-state index < -0.39 is 10.4 Å². The van der Waals surface area contributed by atoms with Gasteiger partial charge in [0.1, 0.15) is 11.4 Å². The number of carbonyl (C=O) groups excluding carboxylic acids is 2. The third kappa shape index (κ3) is 3.08. The van der Waals surface area contributed by atoms with Crippen LogP contribution in [0.25, 0.3) is 0 Å². The van der Waals surface area contributed by atoms with Crippen LogP contribution in [0.3, 0.4) is 0 Å². The number of amidine groups is 1. The Bertz CT molecular complexity index is 439. The molecule has 18 heavy (non-hydrogen) atoms. The normalized spacial score (nSPS) is 18.2. The topological polar surface area (TPSA) is 73.5 Å². The first-order chi connectivity index (χ1) is 8.08. The zero-order chi connectivity index (χ0) is 14.1. The summed E-state index contributed by atoms with van der Waals surface area (Å²) in [5.41, 5.74) is -1.04. The van der Waals surface area contributed by atoms with E-state index in [1.54, 1.807) is 27.7 Å². The van der Waals surface area contributed by atoms with Gasteiger partial charge in [-0.2, -0.15) is 5.26 Å². The molecule has 98 valence electrons. The Labute approximate surface area is 111 Å². The molecule has 0 aromatic heterocycles. The first kappa shape index (κ1) is 14.7. The van der Waals surface area contributed by atoms with Crippen molar-refractivity contribution in [2.24, 2.45) is 4.99 Å². The monoisotopic (exact) mass is 269 g/mol. The van der Waals surface area contributed by atoms with Gasteiger partial charge in [-0.25, -0.2) is 9.89 Å². The average Bonchev–Trinajstić information content (AvgIpc) is 2.54. The molecule has 0 N–H and O–H groups in total. The number of hydrogen-bond acceptors (Lipinski definition) is 4. The molecule has 1 saturated heterocycles. The molecule has 0 aromatic rings. The number of nitrogens with zero attached hydrogens (tertiary/aromatic N) is 3. The number of imide groups is 1. The largest absolute Gasteiger partial charge is 0.274 e. The van der Waals surface area contributed by atoms with Crippen molar-refractivity contribution in [3.63, 3.8) is 0 Å². The molecule has 0 unspecified atom stereocenters. The number of rotatable bonds is 2. The minimum absolute atomic E-state index is 0.142. The number of alkyl halides is 1. The van der Waals surface area contributed by atoms with Crippen molar-refractivity contribution in [1.29, 1.82) is 5.26 Å². The van der Waals surface area contributed by atoms with Gasteiger partial charge < -0.3 is 0 Å². The summed E-state index contributed by atoms with van der Waals surface area (Å²) in [6.07, 6.45) is 0.329. The lowest BCUT2D eigenvalue weighted by Gasteiger charge is -2.28. The van der Waals surface area contributed by atoms with E-state index in [0.29, 0.717) is 0 Å². The Morgan fingerprint density at radius 2 is 1.72 bits per heavy atom. The molecule has 6 heteroatoms. The second-order valence-corrected chi connectivity index (χ2v) is 6.15. The molecule has 0 saturated carbocycles. The number of likely N-dealkylation sites (tertiary alicyclic amines) is 1. The van der Waals surface area contributed by atoms with Crippen LogP contribution in [0.1, 0.15) is 40.5 Å². The standard InChI is InChI=1S/C12H16ClN3O2/c1-11(2,7-14)15-10(12(3,4)13)16-8(17)5-6-9(16)18/h5-6H2,1-4H3. The SMILES string of the molecule is CC(C)(C#N)N=C(N1C(=O)CCC1=O)C(C)(C)Cl. The summed E-state index contributed by atoms with van der Waals surface area (Å²) in [5.74, 6) is -0.495. The van der Waals surface area contributed by atoms with Crippen molar-refractivity contribution in [2.45, 2.75) is 50.9 Å². The Hall–Kier alpha value is -1.41. The lowest BCUT2D eigenvalue weighted by molar-refractivity contribution is -0.133. The highest BCUT2D eigenvalue weighted by atomic mass is 35.5. The molecule has 0 spiro atoms. The molecule has 1 heterocycles.